The molecule has 21 heavy (non-hydrogen) atoms. The van der Waals surface area contributed by atoms with Crippen LogP contribution in [-0.2, 0) is 22.9 Å². The Morgan fingerprint density at radius 3 is 2.24 bits per heavy atom. The number of anilines is 1. The van der Waals surface area contributed by atoms with E-state index < -0.39 is 27.6 Å². The number of alkyl halides is 3. The molecule has 0 heterocycles. The molecule has 0 radical (unpaired) electrons. The quantitative estimate of drug-likeness (QED) is 0.841. The molecular formula is C12H18F3N3O2S. The third kappa shape index (κ3) is 4.32. The minimum absolute atomic E-state index is 0.0633. The fourth-order valence-electron chi connectivity index (χ4n) is 1.81. The van der Waals surface area contributed by atoms with Crippen LogP contribution in [-0.4, -0.2) is 25.8 Å². The molecule has 0 amide bonds. The van der Waals surface area contributed by atoms with Crippen LogP contribution < -0.4 is 10.5 Å². The molecule has 5 nitrogen and oxygen atoms in total. The summed E-state index contributed by atoms with van der Waals surface area (Å²) in [6.07, 6.45) is -4.67. The zero-order chi connectivity index (χ0) is 16.3. The first-order chi connectivity index (χ1) is 9.65. The number of benzene rings is 1. The Hall–Kier alpha value is -1.32. The third-order valence-electron chi connectivity index (χ3n) is 2.91. The van der Waals surface area contributed by atoms with Gasteiger partial charge in [-0.15, -0.1) is 0 Å². The van der Waals surface area contributed by atoms with Gasteiger partial charge in [0.25, 0.3) is 0 Å². The minimum atomic E-state index is -4.67. The summed E-state index contributed by atoms with van der Waals surface area (Å²) in [7, 11) is -4.03. The van der Waals surface area contributed by atoms with Gasteiger partial charge in [0.15, 0.2) is 0 Å². The maximum absolute atomic E-state index is 13.0. The smallest absolute Gasteiger partial charge is 0.326 e. The molecule has 0 bridgehead atoms. The zero-order valence-electron chi connectivity index (χ0n) is 11.7. The average molecular weight is 325 g/mol. The van der Waals surface area contributed by atoms with Gasteiger partial charge >= 0.3 is 16.4 Å². The molecule has 0 atom stereocenters. The van der Waals surface area contributed by atoms with Gasteiger partial charge in [-0.1, -0.05) is 19.9 Å². The summed E-state index contributed by atoms with van der Waals surface area (Å²) in [4.78, 5) is 0. The molecule has 1 rings (SSSR count). The Kier molecular flexibility index (Phi) is 5.60. The summed E-state index contributed by atoms with van der Waals surface area (Å²) in [5.41, 5.74) is 4.03. The van der Waals surface area contributed by atoms with Crippen LogP contribution >= 0.6 is 0 Å². The summed E-state index contributed by atoms with van der Waals surface area (Å²) in [5.74, 6) is 0. The van der Waals surface area contributed by atoms with Gasteiger partial charge in [0.05, 0.1) is 11.3 Å². The normalized spacial score (nSPS) is 12.7. The molecule has 1 aromatic carbocycles. The summed E-state index contributed by atoms with van der Waals surface area (Å²) in [6, 6.07) is 3.28. The largest absolute Gasteiger partial charge is 0.418 e. The number of nitrogens with two attached hydrogens (primary N) is 1. The lowest BCUT2D eigenvalue weighted by molar-refractivity contribution is -0.136. The third-order valence-corrected chi connectivity index (χ3v) is 4.58. The predicted molar refractivity (Wildman–Crippen MR) is 74.8 cm³/mol. The molecule has 120 valence electrons. The number of halogens is 3. The van der Waals surface area contributed by atoms with Crippen molar-refractivity contribution in [2.45, 2.75) is 26.6 Å². The fourth-order valence-corrected chi connectivity index (χ4v) is 3.07. The zero-order valence-corrected chi connectivity index (χ0v) is 12.6. The highest BCUT2D eigenvalue weighted by Gasteiger charge is 2.35. The Bertz CT molecular complexity index is 584. The van der Waals surface area contributed by atoms with Crippen LogP contribution in [0.5, 0.6) is 0 Å². The number of nitrogens with zero attached hydrogens (tertiary/aromatic N) is 1. The van der Waals surface area contributed by atoms with Gasteiger partial charge in [0, 0.05) is 19.6 Å². The van der Waals surface area contributed by atoms with Crippen LogP contribution in [0.1, 0.15) is 25.0 Å². The first-order valence-corrected chi connectivity index (χ1v) is 7.77. The van der Waals surface area contributed by atoms with Gasteiger partial charge < -0.3 is 5.73 Å². The lowest BCUT2D eigenvalue weighted by Crippen LogP contribution is -2.36. The second-order valence-electron chi connectivity index (χ2n) is 4.27. The van der Waals surface area contributed by atoms with E-state index >= 15 is 0 Å². The van der Waals surface area contributed by atoms with Crippen molar-refractivity contribution in [2.24, 2.45) is 5.73 Å². The van der Waals surface area contributed by atoms with Gasteiger partial charge in [-0.05, 0) is 17.7 Å². The molecule has 0 aliphatic heterocycles. The van der Waals surface area contributed by atoms with Gasteiger partial charge in [-0.3, -0.25) is 4.72 Å². The fraction of sp³-hybridized carbons (Fsp3) is 0.500. The molecule has 0 saturated heterocycles. The van der Waals surface area contributed by atoms with E-state index in [-0.39, 0.29) is 25.2 Å². The summed E-state index contributed by atoms with van der Waals surface area (Å²) in [5, 5.41) is 0. The molecular weight excluding hydrogens is 307 g/mol. The molecule has 0 aliphatic carbocycles. The van der Waals surface area contributed by atoms with E-state index in [2.05, 4.69) is 0 Å². The minimum Gasteiger partial charge on any atom is -0.326 e. The Morgan fingerprint density at radius 1 is 1.24 bits per heavy atom. The molecule has 0 aliphatic rings. The van der Waals surface area contributed by atoms with Crippen molar-refractivity contribution >= 4 is 15.9 Å². The molecule has 9 heteroatoms. The molecule has 3 N–H and O–H groups in total. The van der Waals surface area contributed by atoms with Crippen LogP contribution in [0.2, 0.25) is 0 Å². The van der Waals surface area contributed by atoms with Crippen LogP contribution in [0.4, 0.5) is 18.9 Å². The molecule has 0 aromatic heterocycles. The van der Waals surface area contributed by atoms with E-state index in [1.807, 2.05) is 4.72 Å². The van der Waals surface area contributed by atoms with Crippen molar-refractivity contribution in [3.63, 3.8) is 0 Å². The van der Waals surface area contributed by atoms with E-state index in [9.17, 15) is 21.6 Å². The Balaban J connectivity index is 3.25. The SMILES string of the molecule is CCN(CC)S(=O)(=O)Nc1ccc(CN)cc1C(F)(F)F. The van der Waals surface area contributed by atoms with Gasteiger partial charge in [-0.2, -0.15) is 25.9 Å². The van der Waals surface area contributed by atoms with Crippen LogP contribution in [0.3, 0.4) is 0 Å². The first-order valence-electron chi connectivity index (χ1n) is 6.33. The number of rotatable bonds is 6. The second-order valence-corrected chi connectivity index (χ2v) is 5.94. The second kappa shape index (κ2) is 6.63. The topological polar surface area (TPSA) is 75.4 Å². The maximum Gasteiger partial charge on any atom is 0.418 e. The molecule has 0 spiro atoms. The average Bonchev–Trinajstić information content (AvgIpc) is 2.38. The Labute approximate surface area is 122 Å². The lowest BCUT2D eigenvalue weighted by atomic mass is 10.1. The van der Waals surface area contributed by atoms with Gasteiger partial charge in [0.2, 0.25) is 0 Å². The Morgan fingerprint density at radius 2 is 1.81 bits per heavy atom. The summed E-state index contributed by atoms with van der Waals surface area (Å²) < 4.78 is 66.1. The summed E-state index contributed by atoms with van der Waals surface area (Å²) in [6.45, 7) is 3.46. The van der Waals surface area contributed by atoms with Crippen molar-refractivity contribution < 1.29 is 21.6 Å². The molecule has 1 aromatic rings. The first kappa shape index (κ1) is 17.7. The van der Waals surface area contributed by atoms with Gasteiger partial charge in [-0.25, -0.2) is 0 Å². The molecule has 0 saturated carbocycles. The monoisotopic (exact) mass is 325 g/mol. The number of hydrogen-bond donors (Lipinski definition) is 2. The summed E-state index contributed by atoms with van der Waals surface area (Å²) >= 11 is 0. The van der Waals surface area contributed by atoms with Crippen molar-refractivity contribution in [2.75, 3.05) is 17.8 Å². The lowest BCUT2D eigenvalue weighted by Gasteiger charge is -2.21. The number of nitrogens with one attached hydrogen (secondary N) is 1. The number of hydrogen-bond acceptors (Lipinski definition) is 3. The highest BCUT2D eigenvalue weighted by atomic mass is 32.2. The van der Waals surface area contributed by atoms with Crippen molar-refractivity contribution in [1.82, 2.24) is 4.31 Å². The van der Waals surface area contributed by atoms with E-state index in [1.165, 1.54) is 6.07 Å². The van der Waals surface area contributed by atoms with Gasteiger partial charge in [0.1, 0.15) is 0 Å². The molecule has 0 fully saturated rings. The van der Waals surface area contributed by atoms with E-state index in [1.54, 1.807) is 13.8 Å². The predicted octanol–water partition coefficient (Wildman–Crippen LogP) is 2.16. The van der Waals surface area contributed by atoms with Crippen LogP contribution in [0, 0.1) is 0 Å². The van der Waals surface area contributed by atoms with Crippen molar-refractivity contribution in [3.8, 4) is 0 Å². The van der Waals surface area contributed by atoms with Crippen LogP contribution in [0.25, 0.3) is 0 Å². The van der Waals surface area contributed by atoms with Crippen molar-refractivity contribution in [3.05, 3.63) is 29.3 Å². The molecule has 0 unspecified atom stereocenters. The highest BCUT2D eigenvalue weighted by Crippen LogP contribution is 2.36. The highest BCUT2D eigenvalue weighted by molar-refractivity contribution is 7.90. The van der Waals surface area contributed by atoms with E-state index in [4.69, 9.17) is 5.73 Å². The maximum atomic E-state index is 13.0. The van der Waals surface area contributed by atoms with Crippen LogP contribution in [0.15, 0.2) is 18.2 Å². The van der Waals surface area contributed by atoms with E-state index in [0.717, 1.165) is 16.4 Å². The standard InChI is InChI=1S/C12H18F3N3O2S/c1-3-18(4-2)21(19,20)17-11-6-5-9(8-16)7-10(11)12(13,14)15/h5-7,17H,3-4,8,16H2,1-2H3. The van der Waals surface area contributed by atoms with E-state index in [0.29, 0.717) is 0 Å². The van der Waals surface area contributed by atoms with Crippen molar-refractivity contribution in [1.29, 1.82) is 0 Å².